The van der Waals surface area contributed by atoms with Crippen molar-refractivity contribution in [3.63, 3.8) is 0 Å². The number of carbonyl (C=O) groups is 2. The molecule has 5 heteroatoms. The Kier molecular flexibility index (Phi) is 3.89. The number of nitrogens with one attached hydrogen (secondary N) is 1. The van der Waals surface area contributed by atoms with Gasteiger partial charge in [0, 0.05) is 0 Å². The summed E-state index contributed by atoms with van der Waals surface area (Å²) in [5.74, 6) is -0.0560. The Bertz CT molecular complexity index is 410. The molecule has 0 aromatic heterocycles. The van der Waals surface area contributed by atoms with Gasteiger partial charge in [-0.2, -0.15) is 0 Å². The molecule has 20 heavy (non-hydrogen) atoms. The summed E-state index contributed by atoms with van der Waals surface area (Å²) in [5, 5.41) is 6.01. The lowest BCUT2D eigenvalue weighted by Gasteiger charge is -2.54. The first-order chi connectivity index (χ1) is 8.67. The van der Waals surface area contributed by atoms with Crippen molar-refractivity contribution >= 4 is 11.9 Å². The zero-order chi connectivity index (χ0) is 16.1. The molecule has 0 aliphatic carbocycles. The quantitative estimate of drug-likeness (QED) is 0.743. The van der Waals surface area contributed by atoms with Crippen molar-refractivity contribution in [2.75, 3.05) is 0 Å². The van der Waals surface area contributed by atoms with Crippen LogP contribution >= 0.6 is 0 Å². The molecule has 5 nitrogen and oxygen atoms in total. The van der Waals surface area contributed by atoms with Gasteiger partial charge < -0.3 is 5.32 Å². The van der Waals surface area contributed by atoms with Gasteiger partial charge in [0.2, 0.25) is 0 Å². The SMILES string of the molecule is CC(C)(C)C1NC(=O)N(C(C)(C)C)N(C(C)(C)C)C1=O. The average molecular weight is 283 g/mol. The van der Waals surface area contributed by atoms with Crippen LogP contribution in [0.5, 0.6) is 0 Å². The Hall–Kier alpha value is -1.26. The summed E-state index contributed by atoms with van der Waals surface area (Å²) in [7, 11) is 0. The zero-order valence-electron chi connectivity index (χ0n) is 14.3. The van der Waals surface area contributed by atoms with E-state index in [0.717, 1.165) is 0 Å². The minimum atomic E-state index is -0.507. The molecular formula is C15H29N3O2. The predicted octanol–water partition coefficient (Wildman–Crippen LogP) is 2.77. The van der Waals surface area contributed by atoms with Gasteiger partial charge in [-0.1, -0.05) is 20.8 Å². The highest BCUT2D eigenvalue weighted by molar-refractivity contribution is 5.93. The Morgan fingerprint density at radius 3 is 1.50 bits per heavy atom. The fraction of sp³-hybridized carbons (Fsp3) is 0.867. The maximum absolute atomic E-state index is 12.9. The molecule has 0 saturated carbocycles. The minimum absolute atomic E-state index is 0.0560. The van der Waals surface area contributed by atoms with Crippen molar-refractivity contribution in [3.05, 3.63) is 0 Å². The van der Waals surface area contributed by atoms with Crippen molar-refractivity contribution < 1.29 is 9.59 Å². The highest BCUT2D eigenvalue weighted by Gasteiger charge is 2.50. The van der Waals surface area contributed by atoms with Gasteiger partial charge in [-0.15, -0.1) is 0 Å². The molecule has 1 aliphatic heterocycles. The normalized spacial score (nSPS) is 22.1. The standard InChI is InChI=1S/C15H29N3O2/c1-13(2,3)10-11(19)17(14(4,5)6)18(12(20)16-10)15(7,8)9/h10H,1-9H3,(H,16,20). The lowest BCUT2D eigenvalue weighted by atomic mass is 9.84. The van der Waals surface area contributed by atoms with Crippen LogP contribution in [0.25, 0.3) is 0 Å². The van der Waals surface area contributed by atoms with E-state index in [1.165, 1.54) is 5.01 Å². The van der Waals surface area contributed by atoms with E-state index in [1.807, 2.05) is 62.3 Å². The fourth-order valence-corrected chi connectivity index (χ4v) is 2.38. The summed E-state index contributed by atoms with van der Waals surface area (Å²) in [5.41, 5.74) is -1.23. The highest BCUT2D eigenvalue weighted by Crippen LogP contribution is 2.32. The van der Waals surface area contributed by atoms with Crippen LogP contribution in [-0.2, 0) is 4.79 Å². The third-order valence-electron chi connectivity index (χ3n) is 3.25. The van der Waals surface area contributed by atoms with E-state index >= 15 is 0 Å². The number of urea groups is 1. The van der Waals surface area contributed by atoms with Crippen molar-refractivity contribution in [3.8, 4) is 0 Å². The Balaban J connectivity index is 3.34. The Morgan fingerprint density at radius 2 is 1.20 bits per heavy atom. The van der Waals surface area contributed by atoms with Crippen molar-refractivity contribution in [1.82, 2.24) is 15.3 Å². The monoisotopic (exact) mass is 283 g/mol. The third kappa shape index (κ3) is 3.07. The molecule has 0 bridgehead atoms. The van der Waals surface area contributed by atoms with Gasteiger partial charge in [0.25, 0.3) is 5.91 Å². The molecule has 116 valence electrons. The maximum Gasteiger partial charge on any atom is 0.337 e. The summed E-state index contributed by atoms with van der Waals surface area (Å²) in [6, 6.07) is -0.722. The number of hydrazine groups is 1. The molecule has 3 amide bonds. The first-order valence-corrected chi connectivity index (χ1v) is 7.12. The fourth-order valence-electron chi connectivity index (χ4n) is 2.38. The Labute approximate surface area is 122 Å². The van der Waals surface area contributed by atoms with Crippen LogP contribution in [0.1, 0.15) is 62.3 Å². The van der Waals surface area contributed by atoms with Gasteiger partial charge >= 0.3 is 6.03 Å². The van der Waals surface area contributed by atoms with E-state index in [1.54, 1.807) is 5.01 Å². The van der Waals surface area contributed by atoms with Crippen molar-refractivity contribution in [2.45, 2.75) is 79.4 Å². The van der Waals surface area contributed by atoms with Crippen LogP contribution < -0.4 is 5.32 Å². The van der Waals surface area contributed by atoms with Crippen LogP contribution in [0.3, 0.4) is 0 Å². The summed E-state index contributed by atoms with van der Waals surface area (Å²) in [4.78, 5) is 25.4. The van der Waals surface area contributed by atoms with Crippen molar-refractivity contribution in [2.24, 2.45) is 5.41 Å². The second-order valence-electron chi connectivity index (χ2n) is 8.55. The average Bonchev–Trinajstić information content (AvgIpc) is 2.14. The number of nitrogens with zero attached hydrogens (tertiary/aromatic N) is 2. The molecule has 0 spiro atoms. The van der Waals surface area contributed by atoms with Crippen LogP contribution in [-0.4, -0.2) is 39.1 Å². The lowest BCUT2D eigenvalue weighted by Crippen LogP contribution is -2.75. The van der Waals surface area contributed by atoms with Crippen molar-refractivity contribution in [1.29, 1.82) is 0 Å². The third-order valence-corrected chi connectivity index (χ3v) is 3.25. The number of hydrogen-bond acceptors (Lipinski definition) is 2. The van der Waals surface area contributed by atoms with Crippen LogP contribution in [0, 0.1) is 5.41 Å². The smallest absolute Gasteiger partial charge is 0.324 e. The van der Waals surface area contributed by atoms with Gasteiger partial charge in [-0.05, 0) is 47.0 Å². The van der Waals surface area contributed by atoms with E-state index in [-0.39, 0.29) is 17.4 Å². The van der Waals surface area contributed by atoms with Gasteiger partial charge in [0.15, 0.2) is 0 Å². The molecule has 0 aromatic rings. The zero-order valence-corrected chi connectivity index (χ0v) is 14.3. The topological polar surface area (TPSA) is 52.7 Å². The number of hydrogen-bond donors (Lipinski definition) is 1. The first-order valence-electron chi connectivity index (χ1n) is 7.12. The number of rotatable bonds is 0. The van der Waals surface area contributed by atoms with Gasteiger partial charge in [-0.3, -0.25) is 4.79 Å². The van der Waals surface area contributed by atoms with Crippen LogP contribution in [0.15, 0.2) is 0 Å². The minimum Gasteiger partial charge on any atom is -0.324 e. The van der Waals surface area contributed by atoms with Gasteiger partial charge in [0.1, 0.15) is 6.04 Å². The van der Waals surface area contributed by atoms with E-state index in [2.05, 4.69) is 5.32 Å². The van der Waals surface area contributed by atoms with Crippen LogP contribution in [0.4, 0.5) is 4.79 Å². The molecule has 1 rings (SSSR count). The number of amides is 3. The molecule has 1 atom stereocenters. The molecule has 0 aromatic carbocycles. The molecule has 1 unspecified atom stereocenters. The second kappa shape index (κ2) is 4.64. The molecule has 1 aliphatic rings. The summed E-state index contributed by atoms with van der Waals surface area (Å²) in [6.45, 7) is 17.5. The van der Waals surface area contributed by atoms with E-state index in [9.17, 15) is 9.59 Å². The highest BCUT2D eigenvalue weighted by atomic mass is 16.2. The molecule has 1 N–H and O–H groups in total. The van der Waals surface area contributed by atoms with E-state index < -0.39 is 17.1 Å². The maximum atomic E-state index is 12.9. The second-order valence-corrected chi connectivity index (χ2v) is 8.55. The largest absolute Gasteiger partial charge is 0.337 e. The Morgan fingerprint density at radius 1 is 0.800 bits per heavy atom. The van der Waals surface area contributed by atoms with E-state index in [0.29, 0.717) is 0 Å². The summed E-state index contributed by atoms with van der Waals surface area (Å²) < 4.78 is 0. The molecular weight excluding hydrogens is 254 g/mol. The summed E-state index contributed by atoms with van der Waals surface area (Å²) >= 11 is 0. The first kappa shape index (κ1) is 16.8. The number of carbonyl (C=O) groups excluding carboxylic acids is 2. The summed E-state index contributed by atoms with van der Waals surface area (Å²) in [6.07, 6.45) is 0. The molecule has 0 radical (unpaired) electrons. The molecule has 1 saturated heterocycles. The lowest BCUT2D eigenvalue weighted by molar-refractivity contribution is -0.176. The van der Waals surface area contributed by atoms with E-state index in [4.69, 9.17) is 0 Å². The molecule has 1 heterocycles. The predicted molar refractivity (Wildman–Crippen MR) is 80.0 cm³/mol. The van der Waals surface area contributed by atoms with Gasteiger partial charge in [-0.25, -0.2) is 14.8 Å². The van der Waals surface area contributed by atoms with Gasteiger partial charge in [0.05, 0.1) is 11.1 Å². The molecule has 1 fully saturated rings. The van der Waals surface area contributed by atoms with Crippen LogP contribution in [0.2, 0.25) is 0 Å².